The fourth-order valence-electron chi connectivity index (χ4n) is 4.42. The number of amides is 1. The summed E-state index contributed by atoms with van der Waals surface area (Å²) in [6, 6.07) is 18.3. The Kier molecular flexibility index (Phi) is 6.50. The first-order chi connectivity index (χ1) is 16.1. The molecule has 0 spiro atoms. The van der Waals surface area contributed by atoms with Gasteiger partial charge >= 0.3 is 0 Å². The Morgan fingerprint density at radius 3 is 2.55 bits per heavy atom. The second kappa shape index (κ2) is 9.68. The molecule has 0 saturated heterocycles. The Labute approximate surface area is 204 Å². The van der Waals surface area contributed by atoms with Crippen LogP contribution in [0.15, 0.2) is 72.6 Å². The summed E-state index contributed by atoms with van der Waals surface area (Å²) in [5, 5.41) is 4.44. The summed E-state index contributed by atoms with van der Waals surface area (Å²) in [6.07, 6.45) is 6.47. The SMILES string of the molecule is O=C(C1=C(c2cccc(-c3ccncc3)c2)CCNC1)N(Cc1cccc(Cl)c1Cl)C1CC1. The van der Waals surface area contributed by atoms with Gasteiger partial charge in [-0.3, -0.25) is 9.78 Å². The van der Waals surface area contributed by atoms with Crippen molar-refractivity contribution in [3.63, 3.8) is 0 Å². The molecule has 1 aliphatic carbocycles. The Hall–Kier alpha value is -2.66. The lowest BCUT2D eigenvalue weighted by Crippen LogP contribution is -2.39. The van der Waals surface area contributed by atoms with E-state index >= 15 is 0 Å². The number of rotatable bonds is 6. The minimum absolute atomic E-state index is 0.0880. The Morgan fingerprint density at radius 2 is 1.76 bits per heavy atom. The van der Waals surface area contributed by atoms with E-state index in [1.54, 1.807) is 18.5 Å². The summed E-state index contributed by atoms with van der Waals surface area (Å²) in [6.45, 7) is 1.89. The van der Waals surface area contributed by atoms with Crippen LogP contribution < -0.4 is 5.32 Å². The van der Waals surface area contributed by atoms with Gasteiger partial charge in [0, 0.05) is 37.1 Å². The predicted octanol–water partition coefficient (Wildman–Crippen LogP) is 5.99. The van der Waals surface area contributed by atoms with Crippen LogP contribution in [0.4, 0.5) is 0 Å². The van der Waals surface area contributed by atoms with E-state index in [1.807, 2.05) is 29.2 Å². The average molecular weight is 478 g/mol. The summed E-state index contributed by atoms with van der Waals surface area (Å²) >= 11 is 12.7. The smallest absolute Gasteiger partial charge is 0.251 e. The third-order valence-corrected chi connectivity index (χ3v) is 7.18. The molecule has 4 nitrogen and oxygen atoms in total. The first-order valence-electron chi connectivity index (χ1n) is 11.3. The predicted molar refractivity (Wildman–Crippen MR) is 134 cm³/mol. The summed E-state index contributed by atoms with van der Waals surface area (Å²) in [7, 11) is 0. The molecule has 2 heterocycles. The van der Waals surface area contributed by atoms with E-state index < -0.39 is 0 Å². The van der Waals surface area contributed by atoms with Gasteiger partial charge in [-0.05, 0) is 77.9 Å². The number of nitrogens with one attached hydrogen (secondary N) is 1. The molecule has 1 N–H and O–H groups in total. The summed E-state index contributed by atoms with van der Waals surface area (Å²) in [5.41, 5.74) is 6.19. The van der Waals surface area contributed by atoms with Crippen LogP contribution in [0.5, 0.6) is 0 Å². The van der Waals surface area contributed by atoms with E-state index in [0.29, 0.717) is 23.1 Å². The van der Waals surface area contributed by atoms with Crippen molar-refractivity contribution in [2.24, 2.45) is 0 Å². The highest BCUT2D eigenvalue weighted by Crippen LogP contribution is 2.35. The number of aromatic nitrogens is 1. The number of carbonyl (C=O) groups excluding carboxylic acids is 1. The third kappa shape index (κ3) is 4.84. The number of pyridine rings is 1. The van der Waals surface area contributed by atoms with Gasteiger partial charge in [-0.25, -0.2) is 0 Å². The lowest BCUT2D eigenvalue weighted by atomic mass is 9.91. The van der Waals surface area contributed by atoms with Crippen molar-refractivity contribution in [1.82, 2.24) is 15.2 Å². The van der Waals surface area contributed by atoms with E-state index in [4.69, 9.17) is 23.2 Å². The highest BCUT2D eigenvalue weighted by atomic mass is 35.5. The van der Waals surface area contributed by atoms with Gasteiger partial charge < -0.3 is 10.2 Å². The number of hydrogen-bond donors (Lipinski definition) is 1. The summed E-state index contributed by atoms with van der Waals surface area (Å²) < 4.78 is 0. The van der Waals surface area contributed by atoms with Gasteiger partial charge in [0.15, 0.2) is 0 Å². The lowest BCUT2D eigenvalue weighted by Gasteiger charge is -2.28. The standard InChI is InChI=1S/C27H25Cl2N3O/c28-25-6-2-5-21(26(25)29)17-32(22-7-8-22)27(33)24-16-31-14-11-23(24)20-4-1-3-19(15-20)18-9-12-30-13-10-18/h1-6,9-10,12-13,15,22,31H,7-8,11,14,16-17H2. The number of carbonyl (C=O) groups is 1. The zero-order valence-corrected chi connectivity index (χ0v) is 19.7. The number of halogens is 2. The normalized spacial score (nSPS) is 16.1. The van der Waals surface area contributed by atoms with Crippen LogP contribution in [-0.4, -0.2) is 34.9 Å². The molecule has 0 radical (unpaired) electrons. The molecule has 0 atom stereocenters. The van der Waals surface area contributed by atoms with E-state index in [2.05, 4.69) is 34.6 Å². The first kappa shape index (κ1) is 22.1. The van der Waals surface area contributed by atoms with Gasteiger partial charge in [0.05, 0.1) is 10.0 Å². The van der Waals surface area contributed by atoms with Crippen LogP contribution in [0, 0.1) is 0 Å². The van der Waals surface area contributed by atoms with Crippen LogP contribution in [0.25, 0.3) is 16.7 Å². The second-order valence-electron chi connectivity index (χ2n) is 8.58. The molecule has 1 amide bonds. The van der Waals surface area contributed by atoms with Gasteiger partial charge in [0.25, 0.3) is 5.91 Å². The number of nitrogens with zero attached hydrogens (tertiary/aromatic N) is 2. The molecule has 0 bridgehead atoms. The van der Waals surface area contributed by atoms with Crippen molar-refractivity contribution >= 4 is 34.7 Å². The maximum atomic E-state index is 13.9. The second-order valence-corrected chi connectivity index (χ2v) is 9.36. The maximum Gasteiger partial charge on any atom is 0.251 e. The van der Waals surface area contributed by atoms with Crippen molar-refractivity contribution in [2.75, 3.05) is 13.1 Å². The van der Waals surface area contributed by atoms with Crippen LogP contribution in [0.1, 0.15) is 30.4 Å². The highest BCUT2D eigenvalue weighted by molar-refractivity contribution is 6.42. The minimum atomic E-state index is 0.0880. The average Bonchev–Trinajstić information content (AvgIpc) is 3.70. The van der Waals surface area contributed by atoms with Crippen molar-refractivity contribution in [2.45, 2.75) is 31.8 Å². The Morgan fingerprint density at radius 1 is 1.00 bits per heavy atom. The van der Waals surface area contributed by atoms with Gasteiger partial charge in [-0.1, -0.05) is 53.5 Å². The Balaban J connectivity index is 1.50. The minimum Gasteiger partial charge on any atom is -0.332 e. The largest absolute Gasteiger partial charge is 0.332 e. The zero-order chi connectivity index (χ0) is 22.8. The fourth-order valence-corrected chi connectivity index (χ4v) is 4.80. The number of benzene rings is 2. The Bertz CT molecular complexity index is 1200. The zero-order valence-electron chi connectivity index (χ0n) is 18.2. The molecular formula is C27H25Cl2N3O. The van der Waals surface area contributed by atoms with E-state index in [0.717, 1.165) is 59.2 Å². The molecule has 5 rings (SSSR count). The maximum absolute atomic E-state index is 13.9. The van der Waals surface area contributed by atoms with Gasteiger partial charge in [-0.15, -0.1) is 0 Å². The number of hydrogen-bond acceptors (Lipinski definition) is 3. The molecule has 1 aliphatic heterocycles. The van der Waals surface area contributed by atoms with Gasteiger partial charge in [0.1, 0.15) is 0 Å². The quantitative estimate of drug-likeness (QED) is 0.473. The molecule has 168 valence electrons. The van der Waals surface area contributed by atoms with Crippen molar-refractivity contribution < 1.29 is 4.79 Å². The van der Waals surface area contributed by atoms with E-state index in [1.165, 1.54) is 0 Å². The van der Waals surface area contributed by atoms with Crippen LogP contribution in [-0.2, 0) is 11.3 Å². The molecule has 1 saturated carbocycles. The third-order valence-electron chi connectivity index (χ3n) is 6.32. The van der Waals surface area contributed by atoms with E-state index in [9.17, 15) is 4.79 Å². The highest BCUT2D eigenvalue weighted by Gasteiger charge is 2.35. The molecule has 33 heavy (non-hydrogen) atoms. The molecule has 2 aromatic carbocycles. The molecular weight excluding hydrogens is 453 g/mol. The first-order valence-corrected chi connectivity index (χ1v) is 12.0. The summed E-state index contributed by atoms with van der Waals surface area (Å²) in [4.78, 5) is 20.0. The van der Waals surface area contributed by atoms with Gasteiger partial charge in [0.2, 0.25) is 0 Å². The monoisotopic (exact) mass is 477 g/mol. The molecule has 6 heteroatoms. The topological polar surface area (TPSA) is 45.2 Å². The van der Waals surface area contributed by atoms with Crippen molar-refractivity contribution in [3.05, 3.63) is 93.7 Å². The van der Waals surface area contributed by atoms with Gasteiger partial charge in [-0.2, -0.15) is 0 Å². The fraction of sp³-hybridized carbons (Fsp3) is 0.259. The van der Waals surface area contributed by atoms with Crippen LogP contribution >= 0.6 is 23.2 Å². The molecule has 1 fully saturated rings. The van der Waals surface area contributed by atoms with Crippen molar-refractivity contribution in [1.29, 1.82) is 0 Å². The van der Waals surface area contributed by atoms with E-state index in [-0.39, 0.29) is 11.9 Å². The molecule has 1 aromatic heterocycles. The van der Waals surface area contributed by atoms with Crippen LogP contribution in [0.3, 0.4) is 0 Å². The molecule has 3 aromatic rings. The van der Waals surface area contributed by atoms with Crippen molar-refractivity contribution in [3.8, 4) is 11.1 Å². The molecule has 2 aliphatic rings. The molecule has 0 unspecified atom stereocenters. The lowest BCUT2D eigenvalue weighted by molar-refractivity contribution is -0.128. The van der Waals surface area contributed by atoms with Crippen LogP contribution in [0.2, 0.25) is 10.0 Å². The summed E-state index contributed by atoms with van der Waals surface area (Å²) in [5.74, 6) is 0.0880.